The van der Waals surface area contributed by atoms with Crippen molar-refractivity contribution in [2.45, 2.75) is 0 Å². The second-order valence-electron chi connectivity index (χ2n) is 1.14. The van der Waals surface area contributed by atoms with Crippen LogP contribution < -0.4 is 0 Å². The molecule has 1 aromatic rings. The highest BCUT2D eigenvalue weighted by Crippen LogP contribution is 1.73. The third kappa shape index (κ3) is 0.407. The van der Waals surface area contributed by atoms with Gasteiger partial charge < -0.3 is 4.57 Å². The topological polar surface area (TPSA) is 17.8 Å². The summed E-state index contributed by atoms with van der Waals surface area (Å²) in [5, 5.41) is 0. The molecule has 0 saturated heterocycles. The van der Waals surface area contributed by atoms with E-state index in [1.807, 2.05) is 0 Å². The lowest BCUT2D eigenvalue weighted by Gasteiger charge is -1.76. The Morgan fingerprint density at radius 1 is 2.00 bits per heavy atom. The molecule has 0 aromatic carbocycles. The van der Waals surface area contributed by atoms with Crippen molar-refractivity contribution in [3.63, 3.8) is 0 Å². The fraction of sp³-hybridized carbons (Fsp3) is 0.250. The Kier molecular flexibility index (Phi) is 0.449. The summed E-state index contributed by atoms with van der Waals surface area (Å²) in [7, 11) is 1.79. The normalized spacial score (nSPS) is 11.2. The van der Waals surface area contributed by atoms with E-state index in [-0.39, 0.29) is 0 Å². The van der Waals surface area contributed by atoms with E-state index in [9.17, 15) is 0 Å². The zero-order valence-electron chi connectivity index (χ0n) is 4.55. The molecule has 0 saturated carbocycles. The van der Waals surface area contributed by atoms with Gasteiger partial charge in [0.2, 0.25) is 0 Å². The van der Waals surface area contributed by atoms with E-state index in [0.29, 0.717) is 6.30 Å². The number of imidazole rings is 1. The number of nitrogens with zero attached hydrogens (tertiary/aromatic N) is 2. The van der Waals surface area contributed by atoms with Crippen LogP contribution in [-0.2, 0) is 7.05 Å². The lowest BCUT2D eigenvalue weighted by Crippen LogP contribution is -1.76. The van der Waals surface area contributed by atoms with Crippen molar-refractivity contribution in [2.75, 3.05) is 0 Å². The van der Waals surface area contributed by atoms with Crippen LogP contribution in [0.4, 0.5) is 0 Å². The Balaban J connectivity index is 3.12. The molecule has 1 rings (SSSR count). The summed E-state index contributed by atoms with van der Waals surface area (Å²) in [6.07, 6.45) is 3.64. The van der Waals surface area contributed by atoms with E-state index in [1.54, 1.807) is 24.0 Å². The minimum absolute atomic E-state index is 0.306. The predicted molar refractivity (Wildman–Crippen MR) is 23.2 cm³/mol. The minimum Gasteiger partial charge on any atom is -0.341 e. The van der Waals surface area contributed by atoms with E-state index >= 15 is 0 Å². The van der Waals surface area contributed by atoms with Gasteiger partial charge in [0.15, 0.2) is 0 Å². The van der Waals surface area contributed by atoms with Gasteiger partial charge in [-0.05, 0) is 0 Å². The molecule has 1 heterocycles. The fourth-order valence-corrected chi connectivity index (χ4v) is 0.291. The highest BCUT2D eigenvalue weighted by atomic mass is 15.0. The third-order valence-electron chi connectivity index (χ3n) is 0.580. The van der Waals surface area contributed by atoms with E-state index in [1.165, 1.54) is 0 Å². The molecule has 2 heteroatoms. The van der Waals surface area contributed by atoms with Gasteiger partial charge in [0.25, 0.3) is 0 Å². The standard InChI is InChI=1S/C4H6N2/c1-6-3-2-5-4-6/h2-4H,1H3/i4T. The SMILES string of the molecule is [3H]c1nccn1C. The lowest BCUT2D eigenvalue weighted by molar-refractivity contribution is 0.913. The van der Waals surface area contributed by atoms with Crippen LogP contribution in [0, 0.1) is 0 Å². The molecule has 0 fully saturated rings. The molecule has 0 amide bonds. The summed E-state index contributed by atoms with van der Waals surface area (Å²) in [5.41, 5.74) is 0. The van der Waals surface area contributed by atoms with Gasteiger partial charge in [0.05, 0.1) is 6.30 Å². The summed E-state index contributed by atoms with van der Waals surface area (Å²) in [4.78, 5) is 3.65. The molecule has 0 aliphatic carbocycles. The number of aryl methyl sites for hydroxylation is 1. The first-order valence-corrected chi connectivity index (χ1v) is 1.74. The molecule has 1 aromatic heterocycles. The van der Waals surface area contributed by atoms with Gasteiger partial charge in [-0.2, -0.15) is 0 Å². The highest BCUT2D eigenvalue weighted by Gasteiger charge is 1.69. The van der Waals surface area contributed by atoms with Crippen LogP contribution in [0.3, 0.4) is 0 Å². The zero-order chi connectivity index (χ0) is 5.28. The van der Waals surface area contributed by atoms with Crippen LogP contribution in [0.15, 0.2) is 18.7 Å². The van der Waals surface area contributed by atoms with Gasteiger partial charge in [-0.25, -0.2) is 4.98 Å². The van der Waals surface area contributed by atoms with Gasteiger partial charge in [0.1, 0.15) is 1.37 Å². The van der Waals surface area contributed by atoms with Crippen molar-refractivity contribution < 1.29 is 1.37 Å². The van der Waals surface area contributed by atoms with Crippen LogP contribution in [0.2, 0.25) is 0 Å². The first-order valence-electron chi connectivity index (χ1n) is 2.24. The Labute approximate surface area is 37.8 Å². The first-order chi connectivity index (χ1) is 3.30. The first kappa shape index (κ1) is 2.39. The maximum Gasteiger partial charge on any atom is 0.104 e. The van der Waals surface area contributed by atoms with Crippen LogP contribution in [0.5, 0.6) is 0 Å². The van der Waals surface area contributed by atoms with E-state index in [0.717, 1.165) is 0 Å². The van der Waals surface area contributed by atoms with E-state index < -0.39 is 0 Å². The van der Waals surface area contributed by atoms with Crippen LogP contribution in [0.1, 0.15) is 1.37 Å². The van der Waals surface area contributed by atoms with Gasteiger partial charge in [-0.15, -0.1) is 0 Å². The summed E-state index contributed by atoms with van der Waals surface area (Å²) in [6.45, 7) is 0. The average molecular weight is 84.1 g/mol. The van der Waals surface area contributed by atoms with Gasteiger partial charge in [-0.3, -0.25) is 0 Å². The minimum atomic E-state index is 0.306. The number of hydrogen-bond acceptors (Lipinski definition) is 1. The Morgan fingerprint density at radius 3 is 3.00 bits per heavy atom. The molecule has 0 N–H and O–H groups in total. The Bertz CT molecular complexity index is 142. The molecule has 0 aliphatic rings. The molecule has 2 nitrogen and oxygen atoms in total. The quantitative estimate of drug-likeness (QED) is 0.445. The second-order valence-corrected chi connectivity index (χ2v) is 1.14. The van der Waals surface area contributed by atoms with Gasteiger partial charge in [0, 0.05) is 19.4 Å². The molecule has 0 spiro atoms. The van der Waals surface area contributed by atoms with Crippen molar-refractivity contribution in [3.8, 4) is 0 Å². The summed E-state index contributed by atoms with van der Waals surface area (Å²) in [5.74, 6) is 0. The fourth-order valence-electron chi connectivity index (χ4n) is 0.291. The molecule has 0 unspecified atom stereocenters. The largest absolute Gasteiger partial charge is 0.341 e. The Hall–Kier alpha value is -0.790. The van der Waals surface area contributed by atoms with Gasteiger partial charge in [-0.1, -0.05) is 0 Å². The van der Waals surface area contributed by atoms with Crippen LogP contribution in [0.25, 0.3) is 0 Å². The lowest BCUT2D eigenvalue weighted by atomic mass is 10.9. The zero-order valence-corrected chi connectivity index (χ0v) is 3.55. The monoisotopic (exact) mass is 84.1 g/mol. The van der Waals surface area contributed by atoms with Crippen LogP contribution in [-0.4, -0.2) is 9.55 Å². The van der Waals surface area contributed by atoms with Gasteiger partial charge >= 0.3 is 0 Å². The van der Waals surface area contributed by atoms with Crippen molar-refractivity contribution in [3.05, 3.63) is 18.7 Å². The highest BCUT2D eigenvalue weighted by molar-refractivity contribution is 4.70. The smallest absolute Gasteiger partial charge is 0.104 e. The molecular formula is C4H6N2. The predicted octanol–water partition coefficient (Wildman–Crippen LogP) is 0.420. The van der Waals surface area contributed by atoms with Crippen LogP contribution >= 0.6 is 0 Å². The van der Waals surface area contributed by atoms with E-state index in [4.69, 9.17) is 1.37 Å². The number of rotatable bonds is 0. The molecular weight excluding hydrogens is 76.1 g/mol. The van der Waals surface area contributed by atoms with E-state index in [2.05, 4.69) is 4.98 Å². The van der Waals surface area contributed by atoms with Crippen molar-refractivity contribution in [2.24, 2.45) is 7.05 Å². The summed E-state index contributed by atoms with van der Waals surface area (Å²) < 4.78 is 8.59. The maximum atomic E-state index is 6.95. The van der Waals surface area contributed by atoms with Crippen molar-refractivity contribution >= 4 is 0 Å². The molecule has 32 valence electrons. The second kappa shape index (κ2) is 1.12. The van der Waals surface area contributed by atoms with Crippen molar-refractivity contribution in [1.29, 1.82) is 0 Å². The molecule has 0 radical (unpaired) electrons. The molecule has 0 bridgehead atoms. The molecule has 0 atom stereocenters. The maximum absolute atomic E-state index is 6.95. The Morgan fingerprint density at radius 2 is 2.83 bits per heavy atom. The number of aromatic nitrogens is 2. The molecule has 6 heavy (non-hydrogen) atoms. The average Bonchev–Trinajstić information content (AvgIpc) is 1.91. The summed E-state index contributed by atoms with van der Waals surface area (Å²) in [6, 6.07) is 0. The summed E-state index contributed by atoms with van der Waals surface area (Å²) >= 11 is 0. The molecule has 0 aliphatic heterocycles. The third-order valence-corrected chi connectivity index (χ3v) is 0.580. The number of hydrogen-bond donors (Lipinski definition) is 0. The van der Waals surface area contributed by atoms with Crippen molar-refractivity contribution in [1.82, 2.24) is 9.55 Å².